The Morgan fingerprint density at radius 1 is 1.40 bits per heavy atom. The molecule has 130 valence electrons. The van der Waals surface area contributed by atoms with Gasteiger partial charge in [-0.15, -0.1) is 0 Å². The molecule has 0 aliphatic carbocycles. The summed E-state index contributed by atoms with van der Waals surface area (Å²) in [5.74, 6) is 3.06. The van der Waals surface area contributed by atoms with Gasteiger partial charge in [0.1, 0.15) is 5.76 Å². The van der Waals surface area contributed by atoms with E-state index >= 15 is 0 Å². The van der Waals surface area contributed by atoms with Crippen LogP contribution in [-0.2, 0) is 10.5 Å². The quantitative estimate of drug-likeness (QED) is 0.464. The number of hydrogen-bond donors (Lipinski definition) is 1. The smallest absolute Gasteiger partial charge is 0.244 e. The van der Waals surface area contributed by atoms with Gasteiger partial charge in [0.05, 0.1) is 7.11 Å². The number of amides is 1. The van der Waals surface area contributed by atoms with E-state index in [2.05, 4.69) is 22.1 Å². The van der Waals surface area contributed by atoms with E-state index in [9.17, 15) is 4.79 Å². The van der Waals surface area contributed by atoms with Crippen LogP contribution in [-0.4, -0.2) is 25.3 Å². The summed E-state index contributed by atoms with van der Waals surface area (Å²) in [7, 11) is 1.61. The van der Waals surface area contributed by atoms with Gasteiger partial charge in [0.2, 0.25) is 5.91 Å². The minimum absolute atomic E-state index is 0.122. The van der Waals surface area contributed by atoms with Crippen molar-refractivity contribution in [1.29, 1.82) is 0 Å². The molecule has 0 aliphatic rings. The Balaban J connectivity index is 1.46. The van der Waals surface area contributed by atoms with E-state index in [0.717, 1.165) is 16.9 Å². The van der Waals surface area contributed by atoms with Crippen LogP contribution in [0.5, 0.6) is 5.75 Å². The molecule has 0 fully saturated rings. The van der Waals surface area contributed by atoms with Crippen molar-refractivity contribution in [2.75, 3.05) is 19.4 Å². The number of benzene rings is 1. The topological polar surface area (TPSA) is 51.5 Å². The highest BCUT2D eigenvalue weighted by molar-refractivity contribution is 7.98. The van der Waals surface area contributed by atoms with Gasteiger partial charge in [-0.25, -0.2) is 0 Å². The van der Waals surface area contributed by atoms with Crippen molar-refractivity contribution >= 4 is 46.1 Å². The molecule has 0 saturated carbocycles. The molecule has 0 spiro atoms. The average Bonchev–Trinajstić information content (AvgIpc) is 3.28. The third kappa shape index (κ3) is 4.90. The molecule has 2 heterocycles. The SMILES string of the molecule is COc1cccc2cc(/C=C/C(=O)NCCSCc3ccsc3)oc12. The number of nitrogens with one attached hydrogen (secondary N) is 1. The molecule has 0 aliphatic heterocycles. The largest absolute Gasteiger partial charge is 0.493 e. The number of ether oxygens (including phenoxy) is 1. The molecule has 1 amide bonds. The van der Waals surface area contributed by atoms with Gasteiger partial charge in [0.25, 0.3) is 0 Å². The Labute approximate surface area is 154 Å². The fourth-order valence-electron chi connectivity index (χ4n) is 2.33. The summed E-state index contributed by atoms with van der Waals surface area (Å²) < 4.78 is 11.0. The van der Waals surface area contributed by atoms with Crippen LogP contribution >= 0.6 is 23.1 Å². The first-order chi connectivity index (χ1) is 12.3. The molecule has 3 aromatic rings. The summed E-state index contributed by atoms with van der Waals surface area (Å²) in [6, 6.07) is 9.72. The number of methoxy groups -OCH3 is 1. The van der Waals surface area contributed by atoms with Crippen molar-refractivity contribution in [2.45, 2.75) is 5.75 Å². The molecule has 3 rings (SSSR count). The zero-order valence-corrected chi connectivity index (χ0v) is 15.5. The standard InChI is InChI=1S/C19H19NO3S2/c1-22-17-4-2-3-15-11-16(23-19(15)17)5-6-18(21)20-8-10-25-13-14-7-9-24-12-14/h2-7,9,11-12H,8,10,13H2,1H3,(H,20,21)/b6-5+. The van der Waals surface area contributed by atoms with E-state index in [0.29, 0.717) is 23.6 Å². The van der Waals surface area contributed by atoms with Crippen LogP contribution in [0.3, 0.4) is 0 Å². The van der Waals surface area contributed by atoms with Crippen LogP contribution in [0.1, 0.15) is 11.3 Å². The molecule has 0 unspecified atom stereocenters. The highest BCUT2D eigenvalue weighted by Crippen LogP contribution is 2.28. The fraction of sp³-hybridized carbons (Fsp3) is 0.211. The number of thioether (sulfide) groups is 1. The number of furan rings is 1. The third-order valence-corrected chi connectivity index (χ3v) is 5.30. The number of carbonyl (C=O) groups excluding carboxylic acids is 1. The molecular weight excluding hydrogens is 354 g/mol. The highest BCUT2D eigenvalue weighted by Gasteiger charge is 2.07. The van der Waals surface area contributed by atoms with Crippen LogP contribution in [0.2, 0.25) is 0 Å². The first-order valence-electron chi connectivity index (χ1n) is 7.87. The Morgan fingerprint density at radius 3 is 3.12 bits per heavy atom. The van der Waals surface area contributed by atoms with E-state index in [1.807, 2.05) is 36.0 Å². The minimum Gasteiger partial charge on any atom is -0.493 e. The fourth-order valence-corrected chi connectivity index (χ4v) is 3.91. The number of carbonyl (C=O) groups is 1. The van der Waals surface area contributed by atoms with E-state index in [4.69, 9.17) is 9.15 Å². The number of fused-ring (bicyclic) bond motifs is 1. The van der Waals surface area contributed by atoms with Crippen molar-refractivity contribution in [2.24, 2.45) is 0 Å². The molecule has 25 heavy (non-hydrogen) atoms. The van der Waals surface area contributed by atoms with Crippen molar-refractivity contribution in [1.82, 2.24) is 5.32 Å². The highest BCUT2D eigenvalue weighted by atomic mass is 32.2. The maximum absolute atomic E-state index is 11.9. The van der Waals surface area contributed by atoms with Gasteiger partial charge in [-0.05, 0) is 40.6 Å². The van der Waals surface area contributed by atoms with Crippen LogP contribution < -0.4 is 10.1 Å². The summed E-state index contributed by atoms with van der Waals surface area (Å²) >= 11 is 3.52. The van der Waals surface area contributed by atoms with Crippen molar-refractivity contribution < 1.29 is 13.9 Å². The molecule has 0 bridgehead atoms. The van der Waals surface area contributed by atoms with Crippen molar-refractivity contribution in [3.63, 3.8) is 0 Å². The van der Waals surface area contributed by atoms with Gasteiger partial charge < -0.3 is 14.5 Å². The normalized spacial score (nSPS) is 11.2. The van der Waals surface area contributed by atoms with Crippen molar-refractivity contribution in [3.05, 3.63) is 58.5 Å². The van der Waals surface area contributed by atoms with Crippen molar-refractivity contribution in [3.8, 4) is 5.75 Å². The monoisotopic (exact) mass is 373 g/mol. The minimum atomic E-state index is -0.122. The molecule has 6 heteroatoms. The average molecular weight is 373 g/mol. The maximum atomic E-state index is 11.9. The van der Waals surface area contributed by atoms with Gasteiger partial charge >= 0.3 is 0 Å². The molecule has 0 saturated heterocycles. The van der Waals surface area contributed by atoms with E-state index in [-0.39, 0.29) is 5.91 Å². The predicted octanol–water partition coefficient (Wildman–Crippen LogP) is 4.57. The van der Waals surface area contributed by atoms with Gasteiger partial charge in [-0.2, -0.15) is 23.1 Å². The van der Waals surface area contributed by atoms with Gasteiger partial charge in [-0.3, -0.25) is 4.79 Å². The summed E-state index contributed by atoms with van der Waals surface area (Å²) in [4.78, 5) is 11.9. The molecule has 0 atom stereocenters. The number of para-hydroxylation sites is 1. The second-order valence-corrected chi connectivity index (χ2v) is 7.22. The lowest BCUT2D eigenvalue weighted by atomic mass is 10.2. The summed E-state index contributed by atoms with van der Waals surface area (Å²) in [6.07, 6.45) is 3.17. The van der Waals surface area contributed by atoms with Gasteiger partial charge in [-0.1, -0.05) is 12.1 Å². The zero-order valence-electron chi connectivity index (χ0n) is 13.9. The van der Waals surface area contributed by atoms with Gasteiger partial charge in [0, 0.05) is 29.5 Å². The molecule has 4 nitrogen and oxygen atoms in total. The first kappa shape index (κ1) is 17.6. The Bertz CT molecular complexity index is 853. The lowest BCUT2D eigenvalue weighted by Crippen LogP contribution is -2.23. The summed E-state index contributed by atoms with van der Waals surface area (Å²) in [5.41, 5.74) is 2.02. The zero-order chi connectivity index (χ0) is 17.5. The van der Waals surface area contributed by atoms with E-state index in [1.165, 1.54) is 11.6 Å². The second-order valence-electron chi connectivity index (χ2n) is 5.34. The molecule has 0 radical (unpaired) electrons. The third-order valence-electron chi connectivity index (χ3n) is 3.54. The van der Waals surface area contributed by atoms with Crippen LogP contribution in [0.15, 0.2) is 51.6 Å². The van der Waals surface area contributed by atoms with E-state index in [1.54, 1.807) is 24.5 Å². The van der Waals surface area contributed by atoms with Gasteiger partial charge in [0.15, 0.2) is 11.3 Å². The summed E-state index contributed by atoms with van der Waals surface area (Å²) in [5, 5.41) is 8.06. The molecule has 2 aromatic heterocycles. The lowest BCUT2D eigenvalue weighted by Gasteiger charge is -2.01. The lowest BCUT2D eigenvalue weighted by molar-refractivity contribution is -0.116. The Kier molecular flexibility index (Phi) is 6.19. The maximum Gasteiger partial charge on any atom is 0.244 e. The molecule has 1 N–H and O–H groups in total. The van der Waals surface area contributed by atoms with Crippen LogP contribution in [0, 0.1) is 0 Å². The number of rotatable bonds is 8. The van der Waals surface area contributed by atoms with E-state index < -0.39 is 0 Å². The predicted molar refractivity (Wildman–Crippen MR) is 105 cm³/mol. The number of thiophene rings is 1. The molecular formula is C19H19NO3S2. The summed E-state index contributed by atoms with van der Waals surface area (Å²) in [6.45, 7) is 0.645. The second kappa shape index (κ2) is 8.78. The first-order valence-corrected chi connectivity index (χ1v) is 9.97. The molecule has 1 aromatic carbocycles. The van der Waals surface area contributed by atoms with Crippen LogP contribution in [0.4, 0.5) is 0 Å². The number of hydrogen-bond acceptors (Lipinski definition) is 5. The van der Waals surface area contributed by atoms with Crippen LogP contribution in [0.25, 0.3) is 17.0 Å². The Hall–Kier alpha value is -2.18. The Morgan fingerprint density at radius 2 is 2.32 bits per heavy atom.